The molecule has 0 aromatic carbocycles. The molecule has 1 aliphatic rings. The molecule has 14 heavy (non-hydrogen) atoms. The van der Waals surface area contributed by atoms with Crippen molar-refractivity contribution in [2.75, 3.05) is 13.1 Å². The van der Waals surface area contributed by atoms with Gasteiger partial charge in [0.2, 0.25) is 0 Å². The highest BCUT2D eigenvalue weighted by Gasteiger charge is 2.15. The average molecular weight is 210 g/mol. The van der Waals surface area contributed by atoms with Crippen molar-refractivity contribution in [1.82, 2.24) is 10.3 Å². The normalized spacial score (nSPS) is 22.6. The summed E-state index contributed by atoms with van der Waals surface area (Å²) in [5, 5.41) is 4.78. The van der Waals surface area contributed by atoms with Gasteiger partial charge in [-0.1, -0.05) is 0 Å². The number of nitrogens with zero attached hydrogens (tertiary/aromatic N) is 1. The quantitative estimate of drug-likeness (QED) is 0.810. The predicted molar refractivity (Wildman–Crippen MR) is 60.9 cm³/mol. The van der Waals surface area contributed by atoms with Gasteiger partial charge in [0.15, 0.2) is 0 Å². The first-order valence-electron chi connectivity index (χ1n) is 5.39. The summed E-state index contributed by atoms with van der Waals surface area (Å²) in [5.74, 6) is 0.814. The van der Waals surface area contributed by atoms with Crippen LogP contribution in [0, 0.1) is 19.8 Å². The summed E-state index contributed by atoms with van der Waals surface area (Å²) < 4.78 is 0. The average Bonchev–Trinajstić information content (AvgIpc) is 2.47. The summed E-state index contributed by atoms with van der Waals surface area (Å²) in [7, 11) is 0. The molecule has 1 aromatic heterocycles. The fourth-order valence-corrected chi connectivity index (χ4v) is 3.02. The van der Waals surface area contributed by atoms with Gasteiger partial charge < -0.3 is 5.32 Å². The fourth-order valence-electron chi connectivity index (χ4n) is 1.97. The highest BCUT2D eigenvalue weighted by Crippen LogP contribution is 2.22. The van der Waals surface area contributed by atoms with Crippen LogP contribution in [0.15, 0.2) is 0 Å². The van der Waals surface area contributed by atoms with Crippen LogP contribution in [0.3, 0.4) is 0 Å². The number of hydrogen-bond acceptors (Lipinski definition) is 3. The molecule has 1 N–H and O–H groups in total. The molecule has 1 unspecified atom stereocenters. The van der Waals surface area contributed by atoms with E-state index in [2.05, 4.69) is 24.1 Å². The number of piperidine rings is 1. The van der Waals surface area contributed by atoms with Crippen molar-refractivity contribution in [3.63, 3.8) is 0 Å². The lowest BCUT2D eigenvalue weighted by atomic mass is 9.97. The SMILES string of the molecule is Cc1nc(CC2CCCNC2)sc1C. The minimum Gasteiger partial charge on any atom is -0.316 e. The highest BCUT2D eigenvalue weighted by atomic mass is 32.1. The van der Waals surface area contributed by atoms with Gasteiger partial charge in [-0.25, -0.2) is 4.98 Å². The molecule has 0 bridgehead atoms. The van der Waals surface area contributed by atoms with Crippen LogP contribution in [0.1, 0.15) is 28.4 Å². The third kappa shape index (κ3) is 2.34. The maximum Gasteiger partial charge on any atom is 0.0934 e. The molecule has 78 valence electrons. The lowest BCUT2D eigenvalue weighted by molar-refractivity contribution is 0.375. The summed E-state index contributed by atoms with van der Waals surface area (Å²) in [4.78, 5) is 5.97. The molecule has 0 spiro atoms. The lowest BCUT2D eigenvalue weighted by Gasteiger charge is -2.21. The molecular formula is C11H18N2S. The number of rotatable bonds is 2. The van der Waals surface area contributed by atoms with Gasteiger partial charge in [0.05, 0.1) is 10.7 Å². The van der Waals surface area contributed by atoms with Crippen LogP contribution in [0.2, 0.25) is 0 Å². The molecule has 1 aliphatic heterocycles. The van der Waals surface area contributed by atoms with E-state index in [1.807, 2.05) is 11.3 Å². The maximum absolute atomic E-state index is 4.60. The van der Waals surface area contributed by atoms with Crippen molar-refractivity contribution in [1.29, 1.82) is 0 Å². The molecule has 1 saturated heterocycles. The van der Waals surface area contributed by atoms with Gasteiger partial charge >= 0.3 is 0 Å². The number of nitrogens with one attached hydrogen (secondary N) is 1. The maximum atomic E-state index is 4.60. The first-order valence-corrected chi connectivity index (χ1v) is 6.21. The Kier molecular flexibility index (Phi) is 3.19. The van der Waals surface area contributed by atoms with E-state index < -0.39 is 0 Å². The van der Waals surface area contributed by atoms with Crippen molar-refractivity contribution in [2.24, 2.45) is 5.92 Å². The van der Waals surface area contributed by atoms with Crippen molar-refractivity contribution in [3.8, 4) is 0 Å². The number of thiazole rings is 1. The van der Waals surface area contributed by atoms with E-state index in [-0.39, 0.29) is 0 Å². The third-order valence-electron chi connectivity index (χ3n) is 2.94. The van der Waals surface area contributed by atoms with Crippen molar-refractivity contribution >= 4 is 11.3 Å². The summed E-state index contributed by atoms with van der Waals surface area (Å²) >= 11 is 1.87. The minimum absolute atomic E-state index is 0.814. The topological polar surface area (TPSA) is 24.9 Å². The lowest BCUT2D eigenvalue weighted by Crippen LogP contribution is -2.30. The van der Waals surface area contributed by atoms with Gasteiger partial charge in [-0.15, -0.1) is 11.3 Å². The van der Waals surface area contributed by atoms with Crippen LogP contribution in [0.5, 0.6) is 0 Å². The van der Waals surface area contributed by atoms with Crippen LogP contribution in [0.4, 0.5) is 0 Å². The Balaban J connectivity index is 1.95. The largest absolute Gasteiger partial charge is 0.316 e. The van der Waals surface area contributed by atoms with Crippen LogP contribution in [-0.4, -0.2) is 18.1 Å². The Labute approximate surface area is 89.8 Å². The monoisotopic (exact) mass is 210 g/mol. The summed E-state index contributed by atoms with van der Waals surface area (Å²) in [6.45, 7) is 6.65. The van der Waals surface area contributed by atoms with E-state index in [9.17, 15) is 0 Å². The highest BCUT2D eigenvalue weighted by molar-refractivity contribution is 7.11. The molecule has 1 aromatic rings. The molecule has 1 fully saturated rings. The van der Waals surface area contributed by atoms with Crippen LogP contribution in [0.25, 0.3) is 0 Å². The number of hydrogen-bond donors (Lipinski definition) is 1. The predicted octanol–water partition coefficient (Wildman–Crippen LogP) is 2.30. The van der Waals surface area contributed by atoms with Crippen LogP contribution < -0.4 is 5.32 Å². The van der Waals surface area contributed by atoms with Gasteiger partial charge in [-0.05, 0) is 45.7 Å². The smallest absolute Gasteiger partial charge is 0.0934 e. The molecule has 0 saturated carbocycles. The van der Waals surface area contributed by atoms with Gasteiger partial charge in [0.25, 0.3) is 0 Å². The fraction of sp³-hybridized carbons (Fsp3) is 0.727. The summed E-state index contributed by atoms with van der Waals surface area (Å²) in [6.07, 6.45) is 3.87. The van der Waals surface area contributed by atoms with E-state index in [1.165, 1.54) is 47.9 Å². The van der Waals surface area contributed by atoms with E-state index in [0.717, 1.165) is 5.92 Å². The zero-order valence-electron chi connectivity index (χ0n) is 8.97. The van der Waals surface area contributed by atoms with Crippen molar-refractivity contribution in [3.05, 3.63) is 15.6 Å². The molecule has 0 amide bonds. The van der Waals surface area contributed by atoms with E-state index in [1.54, 1.807) is 0 Å². The molecule has 2 rings (SSSR count). The number of aryl methyl sites for hydroxylation is 2. The van der Waals surface area contributed by atoms with Crippen molar-refractivity contribution in [2.45, 2.75) is 33.1 Å². The van der Waals surface area contributed by atoms with Gasteiger partial charge in [0.1, 0.15) is 0 Å². The van der Waals surface area contributed by atoms with E-state index >= 15 is 0 Å². The Morgan fingerprint density at radius 2 is 2.36 bits per heavy atom. The van der Waals surface area contributed by atoms with Gasteiger partial charge in [-0.3, -0.25) is 0 Å². The number of aromatic nitrogens is 1. The standard InChI is InChI=1S/C11H18N2S/c1-8-9(2)14-11(13-8)6-10-4-3-5-12-7-10/h10,12H,3-7H2,1-2H3. The molecule has 2 heterocycles. The molecule has 3 heteroatoms. The Morgan fingerprint density at radius 1 is 1.50 bits per heavy atom. The third-order valence-corrected chi connectivity index (χ3v) is 4.03. The Morgan fingerprint density at radius 3 is 2.93 bits per heavy atom. The molecule has 0 aliphatic carbocycles. The summed E-state index contributed by atoms with van der Waals surface area (Å²) in [6, 6.07) is 0. The Hall–Kier alpha value is -0.410. The van der Waals surface area contributed by atoms with E-state index in [4.69, 9.17) is 0 Å². The van der Waals surface area contributed by atoms with E-state index in [0.29, 0.717) is 0 Å². The second-order valence-electron chi connectivity index (χ2n) is 4.17. The first-order chi connectivity index (χ1) is 6.75. The van der Waals surface area contributed by atoms with Gasteiger partial charge in [-0.2, -0.15) is 0 Å². The van der Waals surface area contributed by atoms with Crippen LogP contribution in [-0.2, 0) is 6.42 Å². The summed E-state index contributed by atoms with van der Waals surface area (Å²) in [5.41, 5.74) is 1.22. The minimum atomic E-state index is 0.814. The van der Waals surface area contributed by atoms with Gasteiger partial charge in [0, 0.05) is 11.3 Å². The van der Waals surface area contributed by atoms with Crippen molar-refractivity contribution < 1.29 is 0 Å². The Bertz CT molecular complexity index is 281. The molecular weight excluding hydrogens is 192 g/mol. The molecule has 2 nitrogen and oxygen atoms in total. The molecule has 0 radical (unpaired) electrons. The second kappa shape index (κ2) is 4.41. The first kappa shape index (κ1) is 10.1. The second-order valence-corrected chi connectivity index (χ2v) is 5.45. The zero-order valence-corrected chi connectivity index (χ0v) is 9.78. The molecule has 1 atom stereocenters. The zero-order chi connectivity index (χ0) is 9.97. The van der Waals surface area contributed by atoms with Crippen LogP contribution >= 0.6 is 11.3 Å².